The van der Waals surface area contributed by atoms with E-state index in [9.17, 15) is 0 Å². The molecule has 1 fully saturated rings. The third kappa shape index (κ3) is 2.75. The Kier molecular flexibility index (Phi) is 4.04. The molecule has 3 aliphatic heterocycles. The summed E-state index contributed by atoms with van der Waals surface area (Å²) in [4.78, 5) is 7.33. The van der Waals surface area contributed by atoms with Gasteiger partial charge in [-0.1, -0.05) is 28.1 Å². The van der Waals surface area contributed by atoms with Crippen molar-refractivity contribution in [1.29, 1.82) is 0 Å². The quantitative estimate of drug-likeness (QED) is 0.597. The molecule has 0 amide bonds. The first-order valence-electron chi connectivity index (χ1n) is 10.2. The Hall–Kier alpha value is -2.22. The van der Waals surface area contributed by atoms with Gasteiger partial charge in [-0.25, -0.2) is 0 Å². The lowest BCUT2D eigenvalue weighted by atomic mass is 10.1. The second-order valence-electron chi connectivity index (χ2n) is 8.20. The first-order chi connectivity index (χ1) is 14.2. The molecule has 0 saturated carbocycles. The second-order valence-corrected chi connectivity index (χ2v) is 9.12. The molecule has 0 bridgehead atoms. The van der Waals surface area contributed by atoms with Crippen LogP contribution in [0.3, 0.4) is 0 Å². The van der Waals surface area contributed by atoms with Gasteiger partial charge >= 0.3 is 0 Å². The molecule has 4 heterocycles. The predicted octanol–water partition coefficient (Wildman–Crippen LogP) is 3.45. The molecular formula is C22H23BrN6. The van der Waals surface area contributed by atoms with E-state index in [1.165, 1.54) is 22.5 Å². The maximum Gasteiger partial charge on any atom is 0.170 e. The average Bonchev–Trinajstić information content (AvgIpc) is 3.31. The number of hydrogen-bond acceptors (Lipinski definition) is 5. The van der Waals surface area contributed by atoms with Crippen LogP contribution in [-0.2, 0) is 13.0 Å². The van der Waals surface area contributed by atoms with Gasteiger partial charge in [0.1, 0.15) is 0 Å². The molecule has 1 saturated heterocycles. The van der Waals surface area contributed by atoms with E-state index in [0.717, 1.165) is 67.5 Å². The van der Waals surface area contributed by atoms with Crippen molar-refractivity contribution in [1.82, 2.24) is 24.6 Å². The van der Waals surface area contributed by atoms with Gasteiger partial charge < -0.3 is 9.80 Å². The van der Waals surface area contributed by atoms with E-state index < -0.39 is 0 Å². The summed E-state index contributed by atoms with van der Waals surface area (Å²) in [5.41, 5.74) is 6.27. The van der Waals surface area contributed by atoms with Gasteiger partial charge in [0.25, 0.3) is 0 Å². The number of halogens is 1. The zero-order valence-electron chi connectivity index (χ0n) is 16.5. The number of piperazine rings is 1. The van der Waals surface area contributed by atoms with Crippen molar-refractivity contribution < 1.29 is 0 Å². The van der Waals surface area contributed by atoms with E-state index in [2.05, 4.69) is 83.7 Å². The zero-order valence-corrected chi connectivity index (χ0v) is 18.1. The van der Waals surface area contributed by atoms with Gasteiger partial charge in [-0.3, -0.25) is 9.47 Å². The highest BCUT2D eigenvalue weighted by Gasteiger charge is 2.33. The molecule has 0 unspecified atom stereocenters. The van der Waals surface area contributed by atoms with E-state index in [1.54, 1.807) is 0 Å². The smallest absolute Gasteiger partial charge is 0.170 e. The lowest BCUT2D eigenvalue weighted by Crippen LogP contribution is -2.44. The van der Waals surface area contributed by atoms with Gasteiger partial charge in [0.2, 0.25) is 0 Å². The van der Waals surface area contributed by atoms with Gasteiger partial charge in [-0.15, -0.1) is 10.2 Å². The van der Waals surface area contributed by atoms with Crippen LogP contribution in [0.4, 0.5) is 11.4 Å². The minimum absolute atomic E-state index is 0.821. The third-order valence-electron chi connectivity index (χ3n) is 6.40. The molecule has 0 N–H and O–H groups in total. The molecule has 7 heteroatoms. The summed E-state index contributed by atoms with van der Waals surface area (Å²) in [6.45, 7) is 6.16. The van der Waals surface area contributed by atoms with Crippen molar-refractivity contribution >= 4 is 27.3 Å². The van der Waals surface area contributed by atoms with Gasteiger partial charge in [0.15, 0.2) is 11.6 Å². The first kappa shape index (κ1) is 17.6. The van der Waals surface area contributed by atoms with Crippen LogP contribution >= 0.6 is 15.9 Å². The number of hydrogen-bond donors (Lipinski definition) is 0. The Morgan fingerprint density at radius 2 is 1.83 bits per heavy atom. The molecule has 0 radical (unpaired) electrons. The lowest BCUT2D eigenvalue weighted by Gasteiger charge is -2.32. The number of rotatable bonds is 2. The fourth-order valence-corrected chi connectivity index (χ4v) is 5.18. The predicted molar refractivity (Wildman–Crippen MR) is 118 cm³/mol. The maximum absolute atomic E-state index is 4.70. The van der Waals surface area contributed by atoms with E-state index in [0.29, 0.717) is 0 Å². The standard InChI is InChI=1S/C22H23BrN6/c1-26-9-11-27(12-10-26)14-20-24-25-22-17-4-2-3-15-7-8-28(21(15)17)18-6-5-16(23)13-19(18)29(20)22/h2-6,13H,7-12,14H2,1H3. The molecule has 148 valence electrons. The van der Waals surface area contributed by atoms with Crippen LogP contribution in [0.1, 0.15) is 11.4 Å². The Morgan fingerprint density at radius 1 is 0.966 bits per heavy atom. The number of para-hydroxylation sites is 1. The van der Waals surface area contributed by atoms with Crippen LogP contribution in [0.5, 0.6) is 0 Å². The van der Waals surface area contributed by atoms with Gasteiger partial charge in [0, 0.05) is 42.8 Å². The van der Waals surface area contributed by atoms with Crippen molar-refractivity contribution in [2.75, 3.05) is 44.7 Å². The lowest BCUT2D eigenvalue weighted by molar-refractivity contribution is 0.145. The fraction of sp³-hybridized carbons (Fsp3) is 0.364. The summed E-state index contributed by atoms with van der Waals surface area (Å²) in [7, 11) is 2.19. The maximum atomic E-state index is 4.70. The monoisotopic (exact) mass is 450 g/mol. The minimum atomic E-state index is 0.821. The van der Waals surface area contributed by atoms with Gasteiger partial charge in [-0.05, 0) is 43.3 Å². The molecule has 0 aliphatic carbocycles. The average molecular weight is 451 g/mol. The molecule has 29 heavy (non-hydrogen) atoms. The largest absolute Gasteiger partial charge is 0.339 e. The van der Waals surface area contributed by atoms with Crippen LogP contribution in [0.2, 0.25) is 0 Å². The van der Waals surface area contributed by atoms with Crippen molar-refractivity contribution in [2.24, 2.45) is 0 Å². The van der Waals surface area contributed by atoms with Crippen LogP contribution in [-0.4, -0.2) is 64.3 Å². The molecule has 3 aromatic rings. The number of benzene rings is 2. The molecule has 6 nitrogen and oxygen atoms in total. The number of nitrogens with zero attached hydrogens (tertiary/aromatic N) is 6. The highest BCUT2D eigenvalue weighted by Crippen LogP contribution is 2.47. The third-order valence-corrected chi connectivity index (χ3v) is 6.89. The van der Waals surface area contributed by atoms with Crippen molar-refractivity contribution in [2.45, 2.75) is 13.0 Å². The van der Waals surface area contributed by atoms with Crippen LogP contribution < -0.4 is 4.90 Å². The Labute approximate surface area is 178 Å². The highest BCUT2D eigenvalue weighted by atomic mass is 79.9. The van der Waals surface area contributed by atoms with E-state index in [-0.39, 0.29) is 0 Å². The van der Waals surface area contributed by atoms with E-state index in [4.69, 9.17) is 5.10 Å². The highest BCUT2D eigenvalue weighted by molar-refractivity contribution is 9.10. The summed E-state index contributed by atoms with van der Waals surface area (Å²) in [5, 5.41) is 9.38. The summed E-state index contributed by atoms with van der Waals surface area (Å²) in [5.74, 6) is 1.97. The summed E-state index contributed by atoms with van der Waals surface area (Å²) in [6.07, 6.45) is 1.07. The summed E-state index contributed by atoms with van der Waals surface area (Å²) < 4.78 is 3.36. The Bertz CT molecular complexity index is 1100. The summed E-state index contributed by atoms with van der Waals surface area (Å²) in [6, 6.07) is 13.2. The number of anilines is 2. The minimum Gasteiger partial charge on any atom is -0.339 e. The van der Waals surface area contributed by atoms with Crippen molar-refractivity contribution in [3.8, 4) is 17.1 Å². The molecule has 2 aromatic carbocycles. The SMILES string of the molecule is CN1CCN(Cc2nnc3n2-c2cc(Br)ccc2N2CCc4cccc-3c42)CC1. The Balaban J connectivity index is 1.54. The molecular weight excluding hydrogens is 428 g/mol. The van der Waals surface area contributed by atoms with Crippen molar-refractivity contribution in [3.63, 3.8) is 0 Å². The second kappa shape index (κ2) is 6.65. The number of likely N-dealkylation sites (N-methyl/N-ethyl adjacent to an activating group) is 1. The van der Waals surface area contributed by atoms with Gasteiger partial charge in [0.05, 0.1) is 23.6 Å². The number of aromatic nitrogens is 3. The Morgan fingerprint density at radius 3 is 2.69 bits per heavy atom. The zero-order chi connectivity index (χ0) is 19.5. The molecule has 3 aliphatic rings. The molecule has 1 aromatic heterocycles. The first-order valence-corrected chi connectivity index (χ1v) is 11.0. The van der Waals surface area contributed by atoms with Crippen molar-refractivity contribution in [3.05, 3.63) is 52.3 Å². The van der Waals surface area contributed by atoms with Crippen LogP contribution in [0, 0.1) is 0 Å². The van der Waals surface area contributed by atoms with Crippen LogP contribution in [0.15, 0.2) is 40.9 Å². The molecule has 0 spiro atoms. The fourth-order valence-electron chi connectivity index (χ4n) is 4.83. The number of fused-ring (bicyclic) bond motifs is 5. The topological polar surface area (TPSA) is 40.4 Å². The summed E-state index contributed by atoms with van der Waals surface area (Å²) >= 11 is 3.69. The van der Waals surface area contributed by atoms with E-state index >= 15 is 0 Å². The normalized spacial score (nSPS) is 18.3. The van der Waals surface area contributed by atoms with Gasteiger partial charge in [-0.2, -0.15) is 0 Å². The van der Waals surface area contributed by atoms with Crippen LogP contribution in [0.25, 0.3) is 17.1 Å². The molecule has 0 atom stereocenters. The molecule has 6 rings (SSSR count). The van der Waals surface area contributed by atoms with E-state index in [1.807, 2.05) is 0 Å².